The van der Waals surface area contributed by atoms with Crippen molar-refractivity contribution in [1.82, 2.24) is 0 Å². The van der Waals surface area contributed by atoms with Crippen molar-refractivity contribution in [2.75, 3.05) is 0 Å². The predicted molar refractivity (Wildman–Crippen MR) is 117 cm³/mol. The van der Waals surface area contributed by atoms with Crippen molar-refractivity contribution in [3.8, 4) is 0 Å². The van der Waals surface area contributed by atoms with Crippen molar-refractivity contribution in [3.05, 3.63) is 108 Å². The molecule has 4 rings (SSSR count). The van der Waals surface area contributed by atoms with Gasteiger partial charge in [-0.1, -0.05) is 109 Å². The molecule has 0 saturated heterocycles. The van der Waals surface area contributed by atoms with Gasteiger partial charge in [-0.05, 0) is 39.9 Å². The standard InChI is InChI=1S/C25H24Si/c1-3-20-14-16-23(17-15-20)26(2)18-24(21-10-6-4-7-11-21)25(19-26)22-12-8-5-9-13-22/h3-17H,1,18-19H2,2H3. The van der Waals surface area contributed by atoms with Crippen LogP contribution in [-0.2, 0) is 0 Å². The van der Waals surface area contributed by atoms with Crippen LogP contribution in [0.1, 0.15) is 16.7 Å². The first-order chi connectivity index (χ1) is 12.7. The maximum Gasteiger partial charge on any atom is 0.0923 e. The fourth-order valence-electron chi connectivity index (χ4n) is 4.11. The lowest BCUT2D eigenvalue weighted by Gasteiger charge is -2.23. The topological polar surface area (TPSA) is 0 Å². The number of hydrogen-bond donors (Lipinski definition) is 0. The zero-order chi connectivity index (χ0) is 18.0. The maximum atomic E-state index is 3.88. The van der Waals surface area contributed by atoms with Gasteiger partial charge in [0, 0.05) is 0 Å². The van der Waals surface area contributed by atoms with Gasteiger partial charge in [0.25, 0.3) is 0 Å². The van der Waals surface area contributed by atoms with Crippen LogP contribution in [0.5, 0.6) is 0 Å². The molecular formula is C25H24Si. The summed E-state index contributed by atoms with van der Waals surface area (Å²) in [5.74, 6) is 0. The van der Waals surface area contributed by atoms with E-state index in [-0.39, 0.29) is 0 Å². The van der Waals surface area contributed by atoms with Crippen LogP contribution in [0.15, 0.2) is 91.5 Å². The van der Waals surface area contributed by atoms with E-state index in [1.165, 1.54) is 28.8 Å². The third-order valence-electron chi connectivity index (χ3n) is 5.59. The summed E-state index contributed by atoms with van der Waals surface area (Å²) in [6.45, 7) is 6.42. The second-order valence-corrected chi connectivity index (χ2v) is 11.8. The Balaban J connectivity index is 1.78. The summed E-state index contributed by atoms with van der Waals surface area (Å²) in [5, 5.41) is 1.54. The van der Waals surface area contributed by atoms with Gasteiger partial charge in [-0.2, -0.15) is 0 Å². The van der Waals surface area contributed by atoms with Gasteiger partial charge in [0.15, 0.2) is 0 Å². The Kier molecular flexibility index (Phi) is 4.48. The highest BCUT2D eigenvalue weighted by Gasteiger charge is 2.38. The largest absolute Gasteiger partial charge is 0.0985 e. The quantitative estimate of drug-likeness (QED) is 0.488. The predicted octanol–water partition coefficient (Wildman–Crippen LogP) is 6.24. The highest BCUT2D eigenvalue weighted by molar-refractivity contribution is 6.94. The molecule has 3 aromatic rings. The molecule has 1 heteroatoms. The number of benzene rings is 3. The first-order valence-electron chi connectivity index (χ1n) is 9.25. The zero-order valence-corrected chi connectivity index (χ0v) is 16.3. The fourth-order valence-corrected chi connectivity index (χ4v) is 8.01. The molecule has 0 amide bonds. The minimum atomic E-state index is -1.60. The minimum Gasteiger partial charge on any atom is -0.0985 e. The van der Waals surface area contributed by atoms with Crippen molar-refractivity contribution in [1.29, 1.82) is 0 Å². The van der Waals surface area contributed by atoms with Gasteiger partial charge in [-0.15, -0.1) is 0 Å². The molecule has 0 saturated carbocycles. The summed E-state index contributed by atoms with van der Waals surface area (Å²) < 4.78 is 0. The Hall–Kier alpha value is -2.64. The monoisotopic (exact) mass is 352 g/mol. The number of hydrogen-bond acceptors (Lipinski definition) is 0. The molecule has 0 aromatic heterocycles. The lowest BCUT2D eigenvalue weighted by Crippen LogP contribution is -2.42. The second-order valence-electron chi connectivity index (χ2n) is 7.43. The van der Waals surface area contributed by atoms with Crippen LogP contribution in [-0.4, -0.2) is 8.07 Å². The van der Waals surface area contributed by atoms with Gasteiger partial charge in [-0.3, -0.25) is 0 Å². The van der Waals surface area contributed by atoms with E-state index in [2.05, 4.69) is 98.1 Å². The summed E-state index contributed by atoms with van der Waals surface area (Å²) >= 11 is 0. The van der Waals surface area contributed by atoms with Crippen molar-refractivity contribution in [2.45, 2.75) is 18.6 Å². The lowest BCUT2D eigenvalue weighted by atomic mass is 9.97. The van der Waals surface area contributed by atoms with E-state index in [0.29, 0.717) is 0 Å². The minimum absolute atomic E-state index is 1.20. The lowest BCUT2D eigenvalue weighted by molar-refractivity contribution is 1.52. The van der Waals surface area contributed by atoms with Gasteiger partial charge in [-0.25, -0.2) is 0 Å². The Labute approximate surface area is 157 Å². The summed E-state index contributed by atoms with van der Waals surface area (Å²) in [7, 11) is -1.60. The van der Waals surface area contributed by atoms with Crippen LogP contribution in [0, 0.1) is 0 Å². The first-order valence-corrected chi connectivity index (χ1v) is 12.2. The van der Waals surface area contributed by atoms with Crippen LogP contribution >= 0.6 is 0 Å². The van der Waals surface area contributed by atoms with Crippen LogP contribution in [0.25, 0.3) is 17.2 Å². The summed E-state index contributed by atoms with van der Waals surface area (Å²) in [6.07, 6.45) is 1.92. The molecule has 1 heterocycles. The second kappa shape index (κ2) is 6.93. The Morgan fingerprint density at radius 1 is 0.692 bits per heavy atom. The van der Waals surface area contributed by atoms with Crippen molar-refractivity contribution in [3.63, 3.8) is 0 Å². The molecule has 0 spiro atoms. The van der Waals surface area contributed by atoms with Crippen LogP contribution < -0.4 is 5.19 Å². The summed E-state index contributed by atoms with van der Waals surface area (Å²) in [6, 6.07) is 33.4. The Morgan fingerprint density at radius 2 is 1.15 bits per heavy atom. The zero-order valence-electron chi connectivity index (χ0n) is 15.3. The Morgan fingerprint density at radius 3 is 1.58 bits per heavy atom. The molecule has 0 fully saturated rings. The van der Waals surface area contributed by atoms with Crippen molar-refractivity contribution < 1.29 is 0 Å². The van der Waals surface area contributed by atoms with E-state index in [0.717, 1.165) is 0 Å². The summed E-state index contributed by atoms with van der Waals surface area (Å²) in [4.78, 5) is 0. The van der Waals surface area contributed by atoms with E-state index < -0.39 is 8.07 Å². The average Bonchev–Trinajstić information content (AvgIpc) is 3.08. The molecule has 0 N–H and O–H groups in total. The van der Waals surface area contributed by atoms with Crippen molar-refractivity contribution in [2.24, 2.45) is 0 Å². The third-order valence-corrected chi connectivity index (χ3v) is 9.58. The SMILES string of the molecule is C=Cc1ccc([Si]2(C)CC(c3ccccc3)=C(c3ccccc3)C2)cc1. The van der Waals surface area contributed by atoms with Gasteiger partial charge in [0.05, 0.1) is 8.07 Å². The maximum absolute atomic E-state index is 3.88. The molecule has 1 aliphatic rings. The molecule has 1 aliphatic heterocycles. The first kappa shape index (κ1) is 16.8. The van der Waals surface area contributed by atoms with Gasteiger partial charge in [0.2, 0.25) is 0 Å². The highest BCUT2D eigenvalue weighted by atomic mass is 28.3. The van der Waals surface area contributed by atoms with Crippen molar-refractivity contribution >= 4 is 30.5 Å². The van der Waals surface area contributed by atoms with E-state index in [9.17, 15) is 0 Å². The normalized spacial score (nSPS) is 15.9. The molecule has 128 valence electrons. The van der Waals surface area contributed by atoms with Crippen LogP contribution in [0.3, 0.4) is 0 Å². The van der Waals surface area contributed by atoms with Gasteiger partial charge in [0.1, 0.15) is 0 Å². The molecule has 0 radical (unpaired) electrons. The highest BCUT2D eigenvalue weighted by Crippen LogP contribution is 2.45. The molecule has 0 nitrogen and oxygen atoms in total. The van der Waals surface area contributed by atoms with E-state index in [1.807, 2.05) is 6.08 Å². The number of allylic oxidation sites excluding steroid dienone is 2. The number of rotatable bonds is 4. The Bertz CT molecular complexity index is 883. The third kappa shape index (κ3) is 3.11. The van der Waals surface area contributed by atoms with Gasteiger partial charge < -0.3 is 0 Å². The van der Waals surface area contributed by atoms with Gasteiger partial charge >= 0.3 is 0 Å². The summed E-state index contributed by atoms with van der Waals surface area (Å²) in [5.41, 5.74) is 7.04. The average molecular weight is 353 g/mol. The molecule has 26 heavy (non-hydrogen) atoms. The van der Waals surface area contributed by atoms with Crippen LogP contribution in [0.4, 0.5) is 0 Å². The molecule has 0 unspecified atom stereocenters. The molecule has 3 aromatic carbocycles. The smallest absolute Gasteiger partial charge is 0.0923 e. The molecule has 0 atom stereocenters. The molecule has 0 bridgehead atoms. The van der Waals surface area contributed by atoms with E-state index >= 15 is 0 Å². The van der Waals surface area contributed by atoms with E-state index in [4.69, 9.17) is 0 Å². The molecule has 0 aliphatic carbocycles. The van der Waals surface area contributed by atoms with Crippen LogP contribution in [0.2, 0.25) is 18.6 Å². The molecular weight excluding hydrogens is 328 g/mol. The van der Waals surface area contributed by atoms with E-state index in [1.54, 1.807) is 16.3 Å². The fraction of sp³-hybridized carbons (Fsp3) is 0.120.